The van der Waals surface area contributed by atoms with Gasteiger partial charge in [0.05, 0.1) is 17.7 Å². The number of benzene rings is 2. The second-order valence-electron chi connectivity index (χ2n) is 5.30. The third-order valence-electron chi connectivity index (χ3n) is 3.55. The van der Waals surface area contributed by atoms with Crippen LogP contribution in [-0.4, -0.2) is 12.7 Å². The van der Waals surface area contributed by atoms with Gasteiger partial charge in [-0.1, -0.05) is 48.0 Å². The number of nitrogens with zero attached hydrogens (tertiary/aromatic N) is 1. The van der Waals surface area contributed by atoms with Crippen LogP contribution in [0.4, 0.5) is 0 Å². The van der Waals surface area contributed by atoms with Gasteiger partial charge < -0.3 is 4.42 Å². The van der Waals surface area contributed by atoms with E-state index in [0.717, 1.165) is 5.56 Å². The molecule has 1 aromatic heterocycles. The van der Waals surface area contributed by atoms with E-state index in [9.17, 15) is 8.42 Å². The van der Waals surface area contributed by atoms with E-state index < -0.39 is 10.0 Å². The minimum atomic E-state index is -3.71. The van der Waals surface area contributed by atoms with Gasteiger partial charge in [0.25, 0.3) is 0 Å². The van der Waals surface area contributed by atoms with Gasteiger partial charge in [-0.3, -0.25) is 0 Å². The molecule has 124 valence electrons. The van der Waals surface area contributed by atoms with E-state index in [0.29, 0.717) is 10.8 Å². The Morgan fingerprint density at radius 1 is 0.917 bits per heavy atom. The molecule has 1 heterocycles. The number of halogens is 1. The van der Waals surface area contributed by atoms with Crippen LogP contribution in [0.5, 0.6) is 0 Å². The van der Waals surface area contributed by atoms with Gasteiger partial charge in [0.1, 0.15) is 5.76 Å². The molecule has 0 aliphatic carbocycles. The van der Waals surface area contributed by atoms with Gasteiger partial charge in [-0.15, -0.1) is 0 Å². The van der Waals surface area contributed by atoms with E-state index in [-0.39, 0.29) is 18.0 Å². The predicted octanol–water partition coefficient (Wildman–Crippen LogP) is 4.32. The third kappa shape index (κ3) is 3.87. The summed E-state index contributed by atoms with van der Waals surface area (Å²) in [4.78, 5) is 0.164. The average molecular weight is 362 g/mol. The topological polar surface area (TPSA) is 50.5 Å². The van der Waals surface area contributed by atoms with Crippen LogP contribution < -0.4 is 0 Å². The van der Waals surface area contributed by atoms with Crippen molar-refractivity contribution < 1.29 is 12.8 Å². The Morgan fingerprint density at radius 2 is 1.71 bits per heavy atom. The van der Waals surface area contributed by atoms with E-state index in [1.807, 2.05) is 30.3 Å². The van der Waals surface area contributed by atoms with Gasteiger partial charge in [0.2, 0.25) is 10.0 Å². The maximum absolute atomic E-state index is 13.0. The second kappa shape index (κ2) is 7.21. The van der Waals surface area contributed by atoms with Crippen molar-refractivity contribution in [3.8, 4) is 0 Å². The zero-order valence-corrected chi connectivity index (χ0v) is 14.4. The zero-order chi connectivity index (χ0) is 17.0. The highest BCUT2D eigenvalue weighted by Gasteiger charge is 2.26. The van der Waals surface area contributed by atoms with Crippen molar-refractivity contribution in [3.63, 3.8) is 0 Å². The van der Waals surface area contributed by atoms with Crippen LogP contribution in [0.1, 0.15) is 11.3 Å². The van der Waals surface area contributed by atoms with Crippen LogP contribution in [0.25, 0.3) is 0 Å². The van der Waals surface area contributed by atoms with Crippen molar-refractivity contribution in [2.24, 2.45) is 0 Å². The number of hydrogen-bond donors (Lipinski definition) is 0. The molecule has 0 bridgehead atoms. The minimum Gasteiger partial charge on any atom is -0.468 e. The molecule has 24 heavy (non-hydrogen) atoms. The summed E-state index contributed by atoms with van der Waals surface area (Å²) < 4.78 is 32.8. The smallest absolute Gasteiger partial charge is 0.243 e. The van der Waals surface area contributed by atoms with Crippen LogP contribution in [-0.2, 0) is 23.1 Å². The van der Waals surface area contributed by atoms with Gasteiger partial charge >= 0.3 is 0 Å². The highest BCUT2D eigenvalue weighted by Crippen LogP contribution is 2.23. The van der Waals surface area contributed by atoms with Crippen LogP contribution in [0.15, 0.2) is 82.3 Å². The molecule has 4 nitrogen and oxygen atoms in total. The summed E-state index contributed by atoms with van der Waals surface area (Å²) in [6.45, 7) is 0.396. The number of sulfonamides is 1. The first-order valence-corrected chi connectivity index (χ1v) is 9.19. The lowest BCUT2D eigenvalue weighted by molar-refractivity contribution is 0.358. The van der Waals surface area contributed by atoms with Crippen molar-refractivity contribution in [1.29, 1.82) is 0 Å². The normalized spacial score (nSPS) is 11.8. The number of rotatable bonds is 6. The molecule has 0 amide bonds. The second-order valence-corrected chi connectivity index (χ2v) is 7.67. The molecule has 3 aromatic rings. The number of furan rings is 1. The minimum absolute atomic E-state index is 0.150. The molecule has 0 unspecified atom stereocenters. The van der Waals surface area contributed by atoms with Gasteiger partial charge in [-0.05, 0) is 35.9 Å². The summed E-state index contributed by atoms with van der Waals surface area (Å²) in [5.41, 5.74) is 0.898. The first kappa shape index (κ1) is 16.8. The van der Waals surface area contributed by atoms with Crippen LogP contribution in [0, 0.1) is 0 Å². The summed E-state index contributed by atoms with van der Waals surface area (Å²) in [7, 11) is -3.71. The van der Waals surface area contributed by atoms with Crippen molar-refractivity contribution in [3.05, 3.63) is 89.3 Å². The van der Waals surface area contributed by atoms with E-state index in [1.165, 1.54) is 16.6 Å². The maximum Gasteiger partial charge on any atom is 0.243 e. The lowest BCUT2D eigenvalue weighted by atomic mass is 10.2. The lowest BCUT2D eigenvalue weighted by Crippen LogP contribution is -2.30. The molecule has 2 aromatic carbocycles. The van der Waals surface area contributed by atoms with Gasteiger partial charge in [-0.2, -0.15) is 4.31 Å². The Morgan fingerprint density at radius 3 is 2.38 bits per heavy atom. The molecule has 0 fully saturated rings. The molecular formula is C18H16ClNO3S. The van der Waals surface area contributed by atoms with Gasteiger partial charge in [0, 0.05) is 11.6 Å². The van der Waals surface area contributed by atoms with E-state index in [2.05, 4.69) is 0 Å². The molecule has 0 saturated carbocycles. The Kier molecular flexibility index (Phi) is 5.04. The van der Waals surface area contributed by atoms with Crippen molar-refractivity contribution in [2.45, 2.75) is 18.0 Å². The average Bonchev–Trinajstić information content (AvgIpc) is 3.08. The van der Waals surface area contributed by atoms with E-state index in [4.69, 9.17) is 16.0 Å². The molecule has 0 saturated heterocycles. The van der Waals surface area contributed by atoms with Crippen molar-refractivity contribution in [2.75, 3.05) is 0 Å². The van der Waals surface area contributed by atoms with Gasteiger partial charge in [0.15, 0.2) is 0 Å². The quantitative estimate of drug-likeness (QED) is 0.656. The highest BCUT2D eigenvalue weighted by molar-refractivity contribution is 7.89. The summed E-state index contributed by atoms with van der Waals surface area (Å²) in [5, 5.41) is 0.383. The first-order valence-electron chi connectivity index (χ1n) is 7.38. The molecule has 0 spiro atoms. The fourth-order valence-electron chi connectivity index (χ4n) is 2.37. The Labute approximate surface area is 146 Å². The largest absolute Gasteiger partial charge is 0.468 e. The Hall–Kier alpha value is -2.08. The molecule has 0 N–H and O–H groups in total. The summed E-state index contributed by atoms with van der Waals surface area (Å²) >= 11 is 5.96. The Bertz CT molecular complexity index is 893. The van der Waals surface area contributed by atoms with E-state index >= 15 is 0 Å². The first-order chi connectivity index (χ1) is 11.6. The van der Waals surface area contributed by atoms with Crippen LogP contribution in [0.3, 0.4) is 0 Å². The zero-order valence-electron chi connectivity index (χ0n) is 12.8. The molecule has 6 heteroatoms. The molecule has 0 atom stereocenters. The maximum atomic E-state index is 13.0. The SMILES string of the molecule is O=S(=O)(c1cccc(Cl)c1)N(Cc1ccccc1)Cc1ccco1. The third-order valence-corrected chi connectivity index (χ3v) is 5.57. The van der Waals surface area contributed by atoms with Gasteiger partial charge in [-0.25, -0.2) is 8.42 Å². The molecule has 3 rings (SSSR count). The number of hydrogen-bond acceptors (Lipinski definition) is 3. The van der Waals surface area contributed by atoms with Crippen LogP contribution >= 0.6 is 11.6 Å². The monoisotopic (exact) mass is 361 g/mol. The highest BCUT2D eigenvalue weighted by atomic mass is 35.5. The van der Waals surface area contributed by atoms with E-state index in [1.54, 1.807) is 30.3 Å². The predicted molar refractivity (Wildman–Crippen MR) is 93.0 cm³/mol. The fourth-order valence-corrected chi connectivity index (χ4v) is 4.06. The molecule has 0 aliphatic heterocycles. The summed E-state index contributed by atoms with van der Waals surface area (Å²) in [5.74, 6) is 0.580. The fraction of sp³-hybridized carbons (Fsp3) is 0.111. The Balaban J connectivity index is 1.96. The van der Waals surface area contributed by atoms with Crippen molar-refractivity contribution >= 4 is 21.6 Å². The van der Waals surface area contributed by atoms with Crippen molar-refractivity contribution in [1.82, 2.24) is 4.31 Å². The van der Waals surface area contributed by atoms with Crippen LogP contribution in [0.2, 0.25) is 5.02 Å². The lowest BCUT2D eigenvalue weighted by Gasteiger charge is -2.21. The molecule has 0 radical (unpaired) electrons. The summed E-state index contributed by atoms with van der Waals surface area (Å²) in [6.07, 6.45) is 1.53. The molecule has 0 aliphatic rings. The standard InChI is InChI=1S/C18H16ClNO3S/c19-16-8-4-10-18(12-16)24(21,22)20(14-17-9-5-11-23-17)13-15-6-2-1-3-7-15/h1-12H,13-14H2. The summed E-state index contributed by atoms with van der Waals surface area (Å²) in [6, 6.07) is 19.2. The molecular weight excluding hydrogens is 346 g/mol.